The Morgan fingerprint density at radius 3 is 2.32 bits per heavy atom. The lowest BCUT2D eigenvalue weighted by molar-refractivity contribution is -0.118. The normalized spacial score (nSPS) is 18.8. The van der Waals surface area contributed by atoms with Gasteiger partial charge in [0, 0.05) is 31.9 Å². The van der Waals surface area contributed by atoms with Gasteiger partial charge >= 0.3 is 0 Å². The predicted octanol–water partition coefficient (Wildman–Crippen LogP) is 4.00. The maximum atomic E-state index is 13.4. The van der Waals surface area contributed by atoms with Gasteiger partial charge < -0.3 is 19.7 Å². The van der Waals surface area contributed by atoms with Gasteiger partial charge in [-0.2, -0.15) is 4.31 Å². The van der Waals surface area contributed by atoms with Gasteiger partial charge in [0.2, 0.25) is 22.7 Å². The van der Waals surface area contributed by atoms with Crippen molar-refractivity contribution in [1.82, 2.24) is 9.21 Å². The van der Waals surface area contributed by atoms with Crippen molar-refractivity contribution >= 4 is 21.6 Å². The number of rotatable bonds is 6. The molecule has 3 aromatic rings. The number of anilines is 1. The first-order valence-corrected chi connectivity index (χ1v) is 14.3. The van der Waals surface area contributed by atoms with Crippen LogP contribution in [0.5, 0.6) is 11.5 Å². The van der Waals surface area contributed by atoms with Crippen molar-refractivity contribution < 1.29 is 22.7 Å². The van der Waals surface area contributed by atoms with Gasteiger partial charge in [-0.3, -0.25) is 4.79 Å². The molecule has 8 nitrogen and oxygen atoms in total. The number of sulfonamides is 1. The molecule has 0 radical (unpaired) electrons. The molecule has 0 spiro atoms. The van der Waals surface area contributed by atoms with E-state index in [1.54, 1.807) is 16.4 Å². The van der Waals surface area contributed by atoms with E-state index in [2.05, 4.69) is 10.2 Å². The highest BCUT2D eigenvalue weighted by Crippen LogP contribution is 2.51. The smallest absolute Gasteiger partial charge is 0.243 e. The second-order valence-corrected chi connectivity index (χ2v) is 12.3. The predicted molar refractivity (Wildman–Crippen MR) is 145 cm³/mol. The molecule has 1 amide bonds. The molecule has 2 aliphatic heterocycles. The zero-order chi connectivity index (χ0) is 26.5. The molecule has 3 aromatic carbocycles. The first-order chi connectivity index (χ1) is 18.3. The Morgan fingerprint density at radius 1 is 0.895 bits per heavy atom. The zero-order valence-electron chi connectivity index (χ0n) is 21.6. The van der Waals surface area contributed by atoms with E-state index in [1.165, 1.54) is 0 Å². The van der Waals surface area contributed by atoms with Crippen LogP contribution in [-0.4, -0.2) is 63.5 Å². The average molecular weight is 534 g/mol. The molecule has 2 fully saturated rings. The molecule has 1 aliphatic carbocycles. The maximum absolute atomic E-state index is 13.4. The minimum absolute atomic E-state index is 0.0419. The summed E-state index contributed by atoms with van der Waals surface area (Å²) in [5.74, 6) is 1.34. The number of carbonyl (C=O) groups excluding carboxylic acids is 1. The van der Waals surface area contributed by atoms with E-state index in [1.807, 2.05) is 62.5 Å². The van der Waals surface area contributed by atoms with Crippen LogP contribution in [0, 0.1) is 6.92 Å². The zero-order valence-corrected chi connectivity index (χ0v) is 22.4. The minimum Gasteiger partial charge on any atom is -0.454 e. The molecule has 3 aliphatic rings. The van der Waals surface area contributed by atoms with E-state index in [9.17, 15) is 13.2 Å². The summed E-state index contributed by atoms with van der Waals surface area (Å²) in [6.45, 7) is 4.65. The largest absolute Gasteiger partial charge is 0.454 e. The van der Waals surface area contributed by atoms with Crippen molar-refractivity contribution in [2.24, 2.45) is 0 Å². The summed E-state index contributed by atoms with van der Waals surface area (Å²) >= 11 is 0. The molecule has 0 atom stereocenters. The summed E-state index contributed by atoms with van der Waals surface area (Å²) in [7, 11) is -1.53. The highest BCUT2D eigenvalue weighted by atomic mass is 32.2. The van der Waals surface area contributed by atoms with Crippen LogP contribution in [0.4, 0.5) is 5.69 Å². The molecule has 1 N–H and O–H groups in total. The third kappa shape index (κ3) is 4.44. The Morgan fingerprint density at radius 2 is 1.61 bits per heavy atom. The number of hydrogen-bond acceptors (Lipinski definition) is 6. The van der Waals surface area contributed by atoms with Crippen molar-refractivity contribution in [1.29, 1.82) is 0 Å². The minimum atomic E-state index is -3.53. The standard InChI is InChI=1S/C29H31N3O5S/c1-20-3-7-23(30-28(33)29(11-12-29)22-6-10-26-27(17-22)37-19-36-26)18-25(20)21-4-8-24(9-5-21)38(34,35)32-15-13-31(2)14-16-32/h3-10,17-18H,11-16,19H2,1-2H3,(H,30,33). The lowest BCUT2D eigenvalue weighted by Crippen LogP contribution is -2.46. The lowest BCUT2D eigenvalue weighted by atomic mass is 9.94. The number of fused-ring (bicyclic) bond motifs is 1. The van der Waals surface area contributed by atoms with E-state index < -0.39 is 15.4 Å². The fourth-order valence-electron chi connectivity index (χ4n) is 5.21. The molecule has 2 heterocycles. The number of piperazine rings is 1. The van der Waals surface area contributed by atoms with Gasteiger partial charge in [-0.05, 0) is 85.5 Å². The Bertz CT molecular complexity index is 1490. The molecule has 1 saturated heterocycles. The molecular formula is C29H31N3O5S. The van der Waals surface area contributed by atoms with E-state index in [4.69, 9.17) is 9.47 Å². The monoisotopic (exact) mass is 533 g/mol. The molecule has 38 heavy (non-hydrogen) atoms. The molecule has 198 valence electrons. The Labute approximate surface area is 223 Å². The highest BCUT2D eigenvalue weighted by Gasteiger charge is 2.51. The van der Waals surface area contributed by atoms with Crippen LogP contribution in [0.1, 0.15) is 24.0 Å². The van der Waals surface area contributed by atoms with E-state index in [0.717, 1.165) is 48.2 Å². The molecular weight excluding hydrogens is 502 g/mol. The number of amides is 1. The highest BCUT2D eigenvalue weighted by molar-refractivity contribution is 7.89. The second kappa shape index (κ2) is 9.41. The molecule has 0 unspecified atom stereocenters. The number of ether oxygens (including phenoxy) is 2. The number of likely N-dealkylation sites (N-methyl/N-ethyl adjacent to an activating group) is 1. The maximum Gasteiger partial charge on any atom is 0.243 e. The summed E-state index contributed by atoms with van der Waals surface area (Å²) in [4.78, 5) is 15.8. The second-order valence-electron chi connectivity index (χ2n) is 10.4. The Kier molecular flexibility index (Phi) is 6.17. The number of hydrogen-bond donors (Lipinski definition) is 1. The number of aryl methyl sites for hydroxylation is 1. The van der Waals surface area contributed by atoms with Gasteiger partial charge in [0.25, 0.3) is 0 Å². The SMILES string of the molecule is Cc1ccc(NC(=O)C2(c3ccc4c(c3)OCO4)CC2)cc1-c1ccc(S(=O)(=O)N2CCN(C)CC2)cc1. The Balaban J connectivity index is 1.20. The molecule has 0 bridgehead atoms. The molecule has 6 rings (SSSR count). The van der Waals surface area contributed by atoms with Gasteiger partial charge in [-0.25, -0.2) is 8.42 Å². The number of benzene rings is 3. The fraction of sp³-hybridized carbons (Fsp3) is 0.345. The van der Waals surface area contributed by atoms with Crippen molar-refractivity contribution in [3.05, 3.63) is 71.8 Å². The van der Waals surface area contributed by atoms with Gasteiger partial charge in [0.1, 0.15) is 0 Å². The van der Waals surface area contributed by atoms with Gasteiger partial charge in [-0.15, -0.1) is 0 Å². The van der Waals surface area contributed by atoms with Crippen LogP contribution in [0.25, 0.3) is 11.1 Å². The molecule has 0 aromatic heterocycles. The van der Waals surface area contributed by atoms with E-state index in [0.29, 0.717) is 35.2 Å². The quantitative estimate of drug-likeness (QED) is 0.516. The summed E-state index contributed by atoms with van der Waals surface area (Å²) in [5, 5.41) is 3.11. The van der Waals surface area contributed by atoms with Crippen LogP contribution in [0.3, 0.4) is 0 Å². The summed E-state index contributed by atoms with van der Waals surface area (Å²) in [6, 6.07) is 18.6. The summed E-state index contributed by atoms with van der Waals surface area (Å²) in [6.07, 6.45) is 1.56. The first kappa shape index (κ1) is 24.9. The van der Waals surface area contributed by atoms with Crippen LogP contribution >= 0.6 is 0 Å². The van der Waals surface area contributed by atoms with Crippen molar-refractivity contribution in [2.75, 3.05) is 45.3 Å². The molecule has 1 saturated carbocycles. The van der Waals surface area contributed by atoms with Crippen molar-refractivity contribution in [2.45, 2.75) is 30.1 Å². The third-order valence-electron chi connectivity index (χ3n) is 7.87. The first-order valence-electron chi connectivity index (χ1n) is 12.9. The van der Waals surface area contributed by atoms with Crippen LogP contribution in [0.2, 0.25) is 0 Å². The van der Waals surface area contributed by atoms with Gasteiger partial charge in [-0.1, -0.05) is 24.3 Å². The lowest BCUT2D eigenvalue weighted by Gasteiger charge is -2.31. The summed E-state index contributed by atoms with van der Waals surface area (Å²) in [5.41, 5.74) is 3.95. The van der Waals surface area contributed by atoms with Crippen LogP contribution in [0.15, 0.2) is 65.6 Å². The third-order valence-corrected chi connectivity index (χ3v) is 9.78. The van der Waals surface area contributed by atoms with Crippen LogP contribution < -0.4 is 14.8 Å². The number of nitrogens with zero attached hydrogens (tertiary/aromatic N) is 2. The fourth-order valence-corrected chi connectivity index (χ4v) is 6.63. The molecule has 9 heteroatoms. The van der Waals surface area contributed by atoms with Crippen molar-refractivity contribution in [3.8, 4) is 22.6 Å². The van der Waals surface area contributed by atoms with Crippen molar-refractivity contribution in [3.63, 3.8) is 0 Å². The number of carbonyl (C=O) groups is 1. The Hall–Kier alpha value is -3.40. The van der Waals surface area contributed by atoms with Crippen LogP contribution in [-0.2, 0) is 20.2 Å². The van der Waals surface area contributed by atoms with E-state index in [-0.39, 0.29) is 12.7 Å². The summed E-state index contributed by atoms with van der Waals surface area (Å²) < 4.78 is 38.7. The van der Waals surface area contributed by atoms with E-state index >= 15 is 0 Å². The van der Waals surface area contributed by atoms with Gasteiger partial charge in [0.05, 0.1) is 10.3 Å². The van der Waals surface area contributed by atoms with Gasteiger partial charge in [0.15, 0.2) is 11.5 Å². The average Bonchev–Trinajstić information content (AvgIpc) is 3.61. The topological polar surface area (TPSA) is 88.2 Å². The number of nitrogens with one attached hydrogen (secondary N) is 1.